The lowest BCUT2D eigenvalue weighted by Gasteiger charge is -2.06. The number of thiophene rings is 1. The lowest BCUT2D eigenvalue weighted by molar-refractivity contribution is -0.113. The number of H-pyrrole nitrogens is 1. The molecule has 0 saturated heterocycles. The molecule has 0 saturated carbocycles. The Bertz CT molecular complexity index is 1110. The molecule has 2 heterocycles. The van der Waals surface area contributed by atoms with Gasteiger partial charge in [0.1, 0.15) is 23.2 Å². The molecule has 0 aliphatic heterocycles. The first-order chi connectivity index (χ1) is 12.4. The molecule has 6 nitrogen and oxygen atoms in total. The van der Waals surface area contributed by atoms with Crippen molar-refractivity contribution in [3.05, 3.63) is 51.6 Å². The van der Waals surface area contributed by atoms with Crippen LogP contribution < -0.4 is 10.9 Å². The highest BCUT2D eigenvalue weighted by Crippen LogP contribution is 2.39. The maximum atomic E-state index is 13.5. The number of nitriles is 1. The van der Waals surface area contributed by atoms with Gasteiger partial charge in [-0.3, -0.25) is 9.59 Å². The fraction of sp³-hybridized carbons (Fsp3) is 0.118. The predicted molar refractivity (Wildman–Crippen MR) is 99.3 cm³/mol. The Hall–Kier alpha value is -2.83. The van der Waals surface area contributed by atoms with Gasteiger partial charge in [-0.1, -0.05) is 6.07 Å². The van der Waals surface area contributed by atoms with Crippen LogP contribution in [-0.4, -0.2) is 21.8 Å². The number of halogens is 1. The third kappa shape index (κ3) is 3.56. The number of thioether (sulfide) groups is 1. The van der Waals surface area contributed by atoms with Crippen molar-refractivity contribution >= 4 is 44.9 Å². The van der Waals surface area contributed by atoms with E-state index < -0.39 is 11.4 Å². The van der Waals surface area contributed by atoms with E-state index in [0.717, 1.165) is 29.2 Å². The van der Waals surface area contributed by atoms with Gasteiger partial charge in [0.25, 0.3) is 5.56 Å². The summed E-state index contributed by atoms with van der Waals surface area (Å²) in [5, 5.41) is 21.8. The number of hydrogen-bond donors (Lipinski definition) is 3. The first-order valence-corrected chi connectivity index (χ1v) is 9.17. The van der Waals surface area contributed by atoms with E-state index in [4.69, 9.17) is 0 Å². The number of amides is 1. The lowest BCUT2D eigenvalue weighted by Crippen LogP contribution is -2.14. The van der Waals surface area contributed by atoms with Crippen LogP contribution in [0.5, 0.6) is 5.75 Å². The number of aromatic hydroxyl groups is 1. The fourth-order valence-corrected chi connectivity index (χ4v) is 4.40. The number of aryl methyl sites for hydroxylation is 1. The van der Waals surface area contributed by atoms with E-state index in [9.17, 15) is 24.3 Å². The van der Waals surface area contributed by atoms with Gasteiger partial charge in [-0.05, 0) is 24.6 Å². The molecule has 3 N–H and O–H groups in total. The van der Waals surface area contributed by atoms with Crippen LogP contribution in [0.4, 0.5) is 10.1 Å². The first kappa shape index (κ1) is 18.0. The van der Waals surface area contributed by atoms with E-state index in [1.165, 1.54) is 6.07 Å². The second-order valence-electron chi connectivity index (χ2n) is 5.40. The van der Waals surface area contributed by atoms with Gasteiger partial charge in [-0.25, -0.2) is 4.39 Å². The van der Waals surface area contributed by atoms with Crippen LogP contribution in [0.3, 0.4) is 0 Å². The molecule has 0 aliphatic carbocycles. The molecular weight excluding hydrogens is 377 g/mol. The highest BCUT2D eigenvalue weighted by Gasteiger charge is 2.17. The topological polar surface area (TPSA) is 106 Å². The summed E-state index contributed by atoms with van der Waals surface area (Å²) >= 11 is 2.22. The third-order valence-electron chi connectivity index (χ3n) is 3.53. The second kappa shape index (κ2) is 7.19. The third-order valence-corrected chi connectivity index (χ3v) is 6.01. The number of nitrogens with one attached hydrogen (secondary N) is 2. The summed E-state index contributed by atoms with van der Waals surface area (Å²) in [5.41, 5.74) is 0.774. The molecule has 132 valence electrons. The Labute approximate surface area is 155 Å². The van der Waals surface area contributed by atoms with Gasteiger partial charge in [-0.2, -0.15) is 5.26 Å². The molecule has 1 aromatic carbocycles. The Balaban J connectivity index is 1.78. The van der Waals surface area contributed by atoms with E-state index in [0.29, 0.717) is 20.2 Å². The summed E-state index contributed by atoms with van der Waals surface area (Å²) in [6.07, 6.45) is 0. The van der Waals surface area contributed by atoms with Crippen molar-refractivity contribution in [1.82, 2.24) is 4.98 Å². The fourth-order valence-electron chi connectivity index (χ4n) is 2.26. The number of hydrogen-bond acceptors (Lipinski definition) is 6. The minimum absolute atomic E-state index is 0.0119. The van der Waals surface area contributed by atoms with Gasteiger partial charge < -0.3 is 15.4 Å². The summed E-state index contributed by atoms with van der Waals surface area (Å²) in [6, 6.07) is 7.43. The number of carbonyl (C=O) groups is 1. The van der Waals surface area contributed by atoms with Gasteiger partial charge in [0, 0.05) is 11.8 Å². The van der Waals surface area contributed by atoms with Gasteiger partial charge in [-0.15, -0.1) is 23.1 Å². The van der Waals surface area contributed by atoms with Gasteiger partial charge in [0.05, 0.1) is 20.2 Å². The van der Waals surface area contributed by atoms with Crippen molar-refractivity contribution in [3.63, 3.8) is 0 Å². The number of aromatic amines is 1. The second-order valence-corrected chi connectivity index (χ2v) is 7.66. The molecular formula is C17H12FN3O3S2. The van der Waals surface area contributed by atoms with Gasteiger partial charge in [0.15, 0.2) is 0 Å². The summed E-state index contributed by atoms with van der Waals surface area (Å²) in [4.78, 5) is 26.1. The van der Waals surface area contributed by atoms with E-state index in [1.54, 1.807) is 19.1 Å². The Morgan fingerprint density at radius 2 is 2.23 bits per heavy atom. The smallest absolute Gasteiger partial charge is 0.252 e. The summed E-state index contributed by atoms with van der Waals surface area (Å²) in [7, 11) is 0. The van der Waals surface area contributed by atoms with Crippen molar-refractivity contribution in [2.45, 2.75) is 11.1 Å². The van der Waals surface area contributed by atoms with Crippen LogP contribution in [0, 0.1) is 24.1 Å². The van der Waals surface area contributed by atoms with Crippen LogP contribution in [0.15, 0.2) is 33.3 Å². The number of benzene rings is 1. The molecule has 0 aliphatic rings. The van der Waals surface area contributed by atoms with Crippen molar-refractivity contribution < 1.29 is 14.3 Å². The monoisotopic (exact) mass is 389 g/mol. The number of rotatable bonds is 4. The highest BCUT2D eigenvalue weighted by atomic mass is 32.2. The molecule has 9 heteroatoms. The van der Waals surface area contributed by atoms with E-state index in [-0.39, 0.29) is 28.5 Å². The molecule has 0 atom stereocenters. The largest absolute Gasteiger partial charge is 0.506 e. The Morgan fingerprint density at radius 3 is 2.92 bits per heavy atom. The SMILES string of the molecule is Cc1ccc(NC(=O)CSc2sc3c(O)cc(=O)[nH]c3c2C#N)cc1F. The maximum absolute atomic E-state index is 13.5. The van der Waals surface area contributed by atoms with E-state index >= 15 is 0 Å². The van der Waals surface area contributed by atoms with Gasteiger partial charge in [0.2, 0.25) is 5.91 Å². The minimum Gasteiger partial charge on any atom is -0.506 e. The Morgan fingerprint density at radius 1 is 1.46 bits per heavy atom. The molecule has 0 unspecified atom stereocenters. The van der Waals surface area contributed by atoms with E-state index in [2.05, 4.69) is 10.3 Å². The van der Waals surface area contributed by atoms with Crippen molar-refractivity contribution in [2.75, 3.05) is 11.1 Å². The predicted octanol–water partition coefficient (Wildman–Crippen LogP) is 3.35. The van der Waals surface area contributed by atoms with Crippen LogP contribution in [0.1, 0.15) is 11.1 Å². The molecule has 1 amide bonds. The molecule has 3 rings (SSSR count). The molecule has 2 aromatic heterocycles. The van der Waals surface area contributed by atoms with Crippen molar-refractivity contribution in [2.24, 2.45) is 0 Å². The van der Waals surface area contributed by atoms with Crippen LogP contribution in [-0.2, 0) is 4.79 Å². The first-order valence-electron chi connectivity index (χ1n) is 7.36. The number of nitrogens with zero attached hydrogens (tertiary/aromatic N) is 1. The number of fused-ring (bicyclic) bond motifs is 1. The molecule has 26 heavy (non-hydrogen) atoms. The highest BCUT2D eigenvalue weighted by molar-refractivity contribution is 8.02. The molecule has 0 spiro atoms. The zero-order chi connectivity index (χ0) is 18.8. The minimum atomic E-state index is -0.514. The van der Waals surface area contributed by atoms with Crippen molar-refractivity contribution in [1.29, 1.82) is 5.26 Å². The summed E-state index contributed by atoms with van der Waals surface area (Å²) in [6.45, 7) is 1.63. The lowest BCUT2D eigenvalue weighted by atomic mass is 10.2. The van der Waals surface area contributed by atoms with Crippen LogP contribution in [0.2, 0.25) is 0 Å². The maximum Gasteiger partial charge on any atom is 0.252 e. The average Bonchev–Trinajstić information content (AvgIpc) is 2.94. The van der Waals surface area contributed by atoms with Crippen LogP contribution in [0.25, 0.3) is 10.2 Å². The quantitative estimate of drug-likeness (QED) is 0.594. The number of anilines is 1. The van der Waals surface area contributed by atoms with Crippen molar-refractivity contribution in [3.8, 4) is 11.8 Å². The van der Waals surface area contributed by atoms with E-state index in [1.807, 2.05) is 6.07 Å². The number of carbonyl (C=O) groups excluding carboxylic acids is 1. The zero-order valence-corrected chi connectivity index (χ0v) is 15.1. The molecule has 0 radical (unpaired) electrons. The standard InChI is InChI=1S/C17H12FN3O3S2/c1-8-2-3-9(4-11(8)18)20-14(24)7-25-17-10(6-19)15-16(26-17)12(22)5-13(23)21-15/h2-5H,7H2,1H3,(H,20,24)(H2,21,22,23). The van der Waals surface area contributed by atoms with Gasteiger partial charge >= 0.3 is 0 Å². The number of pyridine rings is 1. The average molecular weight is 389 g/mol. The molecule has 3 aromatic rings. The molecule has 0 fully saturated rings. The van der Waals surface area contributed by atoms with Crippen LogP contribution >= 0.6 is 23.1 Å². The number of aromatic nitrogens is 1. The summed E-state index contributed by atoms with van der Waals surface area (Å²) < 4.78 is 14.4. The Kier molecular flexibility index (Phi) is 4.97. The zero-order valence-electron chi connectivity index (χ0n) is 13.4. The normalized spacial score (nSPS) is 10.7. The summed E-state index contributed by atoms with van der Waals surface area (Å²) in [5.74, 6) is -0.998. The molecule has 0 bridgehead atoms.